The Hall–Kier alpha value is -11.0. The molecule has 466 valence electrons. The summed E-state index contributed by atoms with van der Waals surface area (Å²) in [6.45, 7) is 5.81. The zero-order chi connectivity index (χ0) is 64.6. The molecular formula is C70H66N6O15. The quantitative estimate of drug-likeness (QED) is 0.0636. The van der Waals surface area contributed by atoms with Crippen molar-refractivity contribution in [2.75, 3.05) is 63.0 Å². The number of nitrogens with zero attached hydrogens (tertiary/aromatic N) is 5. The number of ether oxygens (including phenoxy) is 9. The van der Waals surface area contributed by atoms with E-state index in [2.05, 4.69) is 50.3 Å². The van der Waals surface area contributed by atoms with Gasteiger partial charge in [-0.05, 0) is 98.6 Å². The number of hydrogen-bond donors (Lipinski definition) is 3. The first-order valence-corrected chi connectivity index (χ1v) is 28.9. The van der Waals surface area contributed by atoms with Gasteiger partial charge in [0, 0.05) is 65.8 Å². The maximum Gasteiger partial charge on any atom is 0.373 e. The van der Waals surface area contributed by atoms with Gasteiger partial charge in [-0.3, -0.25) is 4.98 Å². The number of esters is 2. The molecule has 0 atom stereocenters. The maximum atomic E-state index is 13.5. The molecule has 0 aliphatic rings. The van der Waals surface area contributed by atoms with Crippen molar-refractivity contribution in [2.24, 2.45) is 0 Å². The summed E-state index contributed by atoms with van der Waals surface area (Å²) in [5, 5.41) is 26.3. The molecule has 0 spiro atoms. The predicted octanol–water partition coefficient (Wildman–Crippen LogP) is 12.3. The molecule has 0 aliphatic heterocycles. The van der Waals surface area contributed by atoms with Crippen molar-refractivity contribution in [1.29, 1.82) is 0 Å². The summed E-state index contributed by atoms with van der Waals surface area (Å²) in [5.41, 5.74) is 11.6. The van der Waals surface area contributed by atoms with Crippen LogP contribution in [0.1, 0.15) is 58.6 Å². The van der Waals surface area contributed by atoms with Crippen LogP contribution in [0.3, 0.4) is 0 Å². The summed E-state index contributed by atoms with van der Waals surface area (Å²) in [6.07, 6.45) is 0.945. The third kappa shape index (κ3) is 11.7. The molecule has 21 nitrogen and oxygen atoms in total. The fourth-order valence-corrected chi connectivity index (χ4v) is 11.7. The number of H-pyrrole nitrogens is 1. The molecule has 3 N–H and O–H groups in total. The van der Waals surface area contributed by atoms with Gasteiger partial charge in [0.25, 0.3) is 0 Å². The van der Waals surface area contributed by atoms with Crippen molar-refractivity contribution in [2.45, 2.75) is 47.1 Å². The van der Waals surface area contributed by atoms with Crippen molar-refractivity contribution >= 4 is 83.5 Å². The number of para-hydroxylation sites is 3. The summed E-state index contributed by atoms with van der Waals surface area (Å²) in [7, 11) is 10.9. The second-order valence-electron chi connectivity index (χ2n) is 20.4. The Morgan fingerprint density at radius 2 is 0.912 bits per heavy atom. The number of benzene rings is 6. The Kier molecular flexibility index (Phi) is 19.1. The molecule has 0 saturated carbocycles. The summed E-state index contributed by atoms with van der Waals surface area (Å²) in [4.78, 5) is 60.5. The number of carbonyl (C=O) groups is 2. The van der Waals surface area contributed by atoms with Crippen LogP contribution in [0.15, 0.2) is 127 Å². The monoisotopic (exact) mass is 1230 g/mol. The number of aromatic amines is 1. The molecule has 12 rings (SSSR count). The van der Waals surface area contributed by atoms with Crippen molar-refractivity contribution < 1.29 is 72.0 Å². The van der Waals surface area contributed by atoms with E-state index in [9.17, 15) is 19.8 Å². The number of aromatic nitrogens is 6. The normalized spacial score (nSPS) is 11.0. The molecule has 0 bridgehead atoms. The van der Waals surface area contributed by atoms with Crippen LogP contribution >= 0.6 is 0 Å². The molecule has 6 aromatic heterocycles. The number of aliphatic hydroxyl groups is 2. The topological polar surface area (TPSA) is 256 Å². The SMILES string of the molecule is CCOC(=O)c1cc2c([nH]c3ccccc32)c(-c2cc(OC)c(OC)c(OC)c2)n1.CCOC(=O)c1cc2c3ccccc3n(Cn3c4ccccc4c4cc(CC)nc(-c5cc(CO)c(CO)c(OC)c5)c43)c2c(-c2cc(OC)c(OC)c(OC)c2)n1.O=C=O. The van der Waals surface area contributed by atoms with Crippen LogP contribution in [0, 0.1) is 0 Å². The van der Waals surface area contributed by atoms with Gasteiger partial charge in [-0.1, -0.05) is 61.5 Å². The Morgan fingerprint density at radius 1 is 0.484 bits per heavy atom. The number of rotatable bonds is 19. The molecule has 12 aromatic rings. The third-order valence-electron chi connectivity index (χ3n) is 15.7. The van der Waals surface area contributed by atoms with Crippen LogP contribution < -0.4 is 33.2 Å². The third-order valence-corrected chi connectivity index (χ3v) is 15.7. The highest BCUT2D eigenvalue weighted by Crippen LogP contribution is 2.46. The minimum absolute atomic E-state index is 0.163. The average Bonchev–Trinajstić information content (AvgIpc) is 1.61. The highest BCUT2D eigenvalue weighted by atomic mass is 16.5. The van der Waals surface area contributed by atoms with Crippen LogP contribution in [0.25, 0.3) is 99.2 Å². The molecule has 0 amide bonds. The Labute approximate surface area is 522 Å². The summed E-state index contributed by atoms with van der Waals surface area (Å²) in [6, 6.07) is 41.0. The number of aryl methyl sites for hydroxylation is 1. The lowest BCUT2D eigenvalue weighted by atomic mass is 9.99. The number of nitrogens with one attached hydrogen (secondary N) is 1. The number of aliphatic hydroxyl groups excluding tert-OH is 2. The van der Waals surface area contributed by atoms with E-state index in [4.69, 9.17) is 62.2 Å². The molecule has 0 saturated heterocycles. The molecule has 6 heterocycles. The highest BCUT2D eigenvalue weighted by Gasteiger charge is 2.27. The molecule has 21 heteroatoms. The zero-order valence-corrected chi connectivity index (χ0v) is 51.8. The van der Waals surface area contributed by atoms with E-state index in [1.807, 2.05) is 91.0 Å². The standard InChI is InChI=1S/C46H44N4O8.C23H22N2O5.CO2/c1-7-29-21-32-30-13-9-11-15-36(30)49(43(32)41(47-29)26-17-28(23-51)34(24-52)38(18-26)54-3)25-50-37-16-12-10-14-31(37)33-22-35(46(53)58-8-2)48-42(44(33)50)27-19-39(55-4)45(57-6)40(20-27)56-5;1-5-30-23(26)17-12-15-14-8-6-7-9-16(14)24-21(15)20(25-17)13-10-18(27-2)22(29-4)19(11-13)28-3;2-1-3/h9-22,51-52H,7-8,23-25H2,1-6H3;6-12,24H,5H2,1-4H3;. The minimum atomic E-state index is -0.537. The van der Waals surface area contributed by atoms with Crippen LogP contribution in [0.2, 0.25) is 0 Å². The first-order chi connectivity index (χ1) is 44.3. The first-order valence-electron chi connectivity index (χ1n) is 28.9. The molecule has 0 unspecified atom stereocenters. The van der Waals surface area contributed by atoms with Gasteiger partial charge in [0.1, 0.15) is 23.8 Å². The fraction of sp³-hybridized carbons (Fsp3) is 0.229. The second kappa shape index (κ2) is 27.6. The lowest BCUT2D eigenvalue weighted by Gasteiger charge is -2.18. The second-order valence-corrected chi connectivity index (χ2v) is 20.4. The summed E-state index contributed by atoms with van der Waals surface area (Å²) < 4.78 is 54.5. The lowest BCUT2D eigenvalue weighted by molar-refractivity contribution is -0.191. The van der Waals surface area contributed by atoms with Crippen molar-refractivity contribution in [3.05, 3.63) is 156 Å². The van der Waals surface area contributed by atoms with Gasteiger partial charge in [-0.15, -0.1) is 0 Å². The van der Waals surface area contributed by atoms with Crippen molar-refractivity contribution in [3.8, 4) is 74.0 Å². The summed E-state index contributed by atoms with van der Waals surface area (Å²) in [5.74, 6) is 2.23. The van der Waals surface area contributed by atoms with E-state index >= 15 is 0 Å². The van der Waals surface area contributed by atoms with Crippen LogP contribution in [0.5, 0.6) is 40.2 Å². The number of pyridine rings is 3. The number of methoxy groups -OCH3 is 7. The van der Waals surface area contributed by atoms with Crippen LogP contribution in [-0.2, 0) is 45.4 Å². The molecular weight excluding hydrogens is 1160 g/mol. The highest BCUT2D eigenvalue weighted by molar-refractivity contribution is 6.16. The minimum Gasteiger partial charge on any atom is -0.496 e. The van der Waals surface area contributed by atoms with E-state index in [1.165, 1.54) is 0 Å². The van der Waals surface area contributed by atoms with Gasteiger partial charge < -0.3 is 67.0 Å². The molecule has 91 heavy (non-hydrogen) atoms. The number of fused-ring (bicyclic) bond motifs is 9. The van der Waals surface area contributed by atoms with Gasteiger partial charge >= 0.3 is 18.1 Å². The first kappa shape index (κ1) is 63.0. The van der Waals surface area contributed by atoms with Gasteiger partial charge in [0.05, 0.1) is 121 Å². The Balaban J connectivity index is 0.000000230. The molecule has 0 radical (unpaired) electrons. The van der Waals surface area contributed by atoms with Gasteiger partial charge in [-0.2, -0.15) is 9.59 Å². The fourth-order valence-electron chi connectivity index (χ4n) is 11.7. The molecule has 6 aromatic carbocycles. The van der Waals surface area contributed by atoms with E-state index < -0.39 is 11.9 Å². The maximum absolute atomic E-state index is 13.5. The van der Waals surface area contributed by atoms with E-state index in [1.54, 1.807) is 75.7 Å². The van der Waals surface area contributed by atoms with Crippen LogP contribution in [0.4, 0.5) is 0 Å². The largest absolute Gasteiger partial charge is 0.496 e. The van der Waals surface area contributed by atoms with Gasteiger partial charge in [0.15, 0.2) is 23.0 Å². The summed E-state index contributed by atoms with van der Waals surface area (Å²) >= 11 is 0. The van der Waals surface area contributed by atoms with Gasteiger partial charge in [0.2, 0.25) is 11.5 Å². The lowest BCUT2D eigenvalue weighted by Crippen LogP contribution is -2.11. The van der Waals surface area contributed by atoms with E-state index in [0.717, 1.165) is 76.7 Å². The van der Waals surface area contributed by atoms with E-state index in [0.29, 0.717) is 92.7 Å². The van der Waals surface area contributed by atoms with E-state index in [-0.39, 0.29) is 44.0 Å². The molecule has 0 aliphatic carbocycles. The molecule has 0 fully saturated rings. The number of carbonyl (C=O) groups excluding carboxylic acids is 4. The van der Waals surface area contributed by atoms with Gasteiger partial charge in [-0.25, -0.2) is 19.6 Å². The smallest absolute Gasteiger partial charge is 0.373 e. The van der Waals surface area contributed by atoms with Crippen LogP contribution in [-0.4, -0.2) is 120 Å². The predicted molar refractivity (Wildman–Crippen MR) is 344 cm³/mol. The average molecular weight is 1230 g/mol. The van der Waals surface area contributed by atoms with Crippen molar-refractivity contribution in [3.63, 3.8) is 0 Å². The number of hydrogen-bond acceptors (Lipinski definition) is 18. The van der Waals surface area contributed by atoms with Crippen molar-refractivity contribution in [1.82, 2.24) is 29.1 Å². The zero-order valence-electron chi connectivity index (χ0n) is 51.8. The Bertz CT molecular complexity index is 4700. The Morgan fingerprint density at radius 3 is 1.38 bits per heavy atom.